The Hall–Kier alpha value is -1.10. The van der Waals surface area contributed by atoms with Gasteiger partial charge in [-0.05, 0) is 19.3 Å². The average Bonchev–Trinajstić information content (AvgIpc) is 2.10. The Kier molecular flexibility index (Phi) is 5.87. The number of carbonyl (C=O) groups is 3. The molecule has 0 aromatic rings. The molecule has 0 N–H and O–H groups in total. The average molecular weight is 216 g/mol. The summed E-state index contributed by atoms with van der Waals surface area (Å²) in [5.41, 5.74) is 0.110. The summed E-state index contributed by atoms with van der Waals surface area (Å²) in [4.78, 5) is 32.5. The fourth-order valence-corrected chi connectivity index (χ4v) is 1.50. The number of allylic oxidation sites excluding steroid dienone is 1. The molecule has 0 radical (unpaired) electrons. The molecule has 0 unspecified atom stereocenters. The van der Waals surface area contributed by atoms with E-state index in [4.69, 9.17) is 0 Å². The summed E-state index contributed by atoms with van der Waals surface area (Å²) in [6, 6.07) is 0. The zero-order valence-corrected chi connectivity index (χ0v) is 9.14. The van der Waals surface area contributed by atoms with Gasteiger partial charge < -0.3 is 4.74 Å². The van der Waals surface area contributed by atoms with Gasteiger partial charge >= 0.3 is 5.97 Å². The zero-order chi connectivity index (χ0) is 11.1. The Morgan fingerprint density at radius 1 is 1.21 bits per heavy atom. The van der Waals surface area contributed by atoms with E-state index in [1.165, 1.54) is 26.4 Å². The first-order valence-electron chi connectivity index (χ1n) is 3.89. The molecule has 0 aliphatic rings. The maximum Gasteiger partial charge on any atom is 0.315 e. The van der Waals surface area contributed by atoms with Crippen LogP contribution in [0.2, 0.25) is 0 Å². The van der Waals surface area contributed by atoms with Gasteiger partial charge in [0.1, 0.15) is 0 Å². The fourth-order valence-electron chi connectivity index (χ4n) is 0.666. The van der Waals surface area contributed by atoms with E-state index in [0.717, 1.165) is 11.8 Å². The topological polar surface area (TPSA) is 60.4 Å². The van der Waals surface area contributed by atoms with Crippen LogP contribution in [-0.2, 0) is 19.1 Å². The maximum atomic E-state index is 10.9. The van der Waals surface area contributed by atoms with Crippen molar-refractivity contribution in [1.82, 2.24) is 0 Å². The molecule has 0 aliphatic carbocycles. The Morgan fingerprint density at radius 3 is 2.07 bits per heavy atom. The van der Waals surface area contributed by atoms with Gasteiger partial charge in [-0.3, -0.25) is 14.4 Å². The third-order valence-electron chi connectivity index (χ3n) is 1.39. The number of carbonyl (C=O) groups excluding carboxylic acids is 3. The molecule has 0 saturated heterocycles. The van der Waals surface area contributed by atoms with Crippen LogP contribution in [-0.4, -0.2) is 30.4 Å². The first-order valence-corrected chi connectivity index (χ1v) is 4.94. The summed E-state index contributed by atoms with van der Waals surface area (Å²) in [7, 11) is 1.28. The first-order chi connectivity index (χ1) is 6.49. The van der Waals surface area contributed by atoms with E-state index < -0.39 is 5.97 Å². The molecule has 4 nitrogen and oxygen atoms in total. The highest BCUT2D eigenvalue weighted by molar-refractivity contribution is 8.02. The first kappa shape index (κ1) is 12.9. The number of ketones is 2. The van der Waals surface area contributed by atoms with Crippen LogP contribution in [0.25, 0.3) is 0 Å². The van der Waals surface area contributed by atoms with Crippen LogP contribution in [0.5, 0.6) is 0 Å². The molecule has 78 valence electrons. The van der Waals surface area contributed by atoms with E-state index >= 15 is 0 Å². The summed E-state index contributed by atoms with van der Waals surface area (Å²) >= 11 is 1.07. The number of rotatable bonds is 5. The molecule has 14 heavy (non-hydrogen) atoms. The summed E-state index contributed by atoms with van der Waals surface area (Å²) in [5, 5.41) is 1.39. The highest BCUT2D eigenvalue weighted by Gasteiger charge is 2.09. The second-order valence-corrected chi connectivity index (χ2v) is 3.39. The SMILES string of the molecule is COC(=O)CSC=C(C(C)=O)C(C)=O. The molecule has 0 saturated carbocycles. The van der Waals surface area contributed by atoms with E-state index in [-0.39, 0.29) is 22.9 Å². The molecule has 0 aromatic heterocycles. The molecule has 0 bridgehead atoms. The monoisotopic (exact) mass is 216 g/mol. The molecule has 0 rings (SSSR count). The second-order valence-electron chi connectivity index (χ2n) is 2.53. The molecule has 0 atom stereocenters. The van der Waals surface area contributed by atoms with Gasteiger partial charge in [-0.1, -0.05) is 0 Å². The number of Topliss-reactive ketones (excluding diaryl/α,β-unsaturated/α-hetero) is 2. The van der Waals surface area contributed by atoms with Crippen molar-refractivity contribution in [2.45, 2.75) is 13.8 Å². The van der Waals surface area contributed by atoms with Gasteiger partial charge in [0.25, 0.3) is 0 Å². The van der Waals surface area contributed by atoms with Gasteiger partial charge in [-0.2, -0.15) is 0 Å². The molecule has 0 spiro atoms. The molecule has 0 aromatic carbocycles. The van der Waals surface area contributed by atoms with Gasteiger partial charge in [0.2, 0.25) is 0 Å². The number of hydrogen-bond acceptors (Lipinski definition) is 5. The van der Waals surface area contributed by atoms with Crippen molar-refractivity contribution in [3.8, 4) is 0 Å². The lowest BCUT2D eigenvalue weighted by molar-refractivity contribution is -0.137. The van der Waals surface area contributed by atoms with E-state index in [2.05, 4.69) is 4.74 Å². The third-order valence-corrected chi connectivity index (χ3v) is 2.19. The number of ether oxygens (including phenoxy) is 1. The van der Waals surface area contributed by atoms with Crippen molar-refractivity contribution in [2.75, 3.05) is 12.9 Å². The van der Waals surface area contributed by atoms with Crippen LogP contribution < -0.4 is 0 Å². The Balaban J connectivity index is 4.25. The minimum atomic E-state index is -0.391. The van der Waals surface area contributed by atoms with Crippen LogP contribution in [0.3, 0.4) is 0 Å². The lowest BCUT2D eigenvalue weighted by atomic mass is 10.1. The van der Waals surface area contributed by atoms with Gasteiger partial charge in [0.05, 0.1) is 18.4 Å². The zero-order valence-electron chi connectivity index (χ0n) is 8.33. The molecule has 0 aliphatic heterocycles. The highest BCUT2D eigenvalue weighted by Crippen LogP contribution is 2.09. The Bertz CT molecular complexity index is 265. The van der Waals surface area contributed by atoms with Crippen molar-refractivity contribution in [3.63, 3.8) is 0 Å². The van der Waals surface area contributed by atoms with Crippen LogP contribution in [0.4, 0.5) is 0 Å². The number of hydrogen-bond donors (Lipinski definition) is 0. The fraction of sp³-hybridized carbons (Fsp3) is 0.444. The van der Waals surface area contributed by atoms with Crippen molar-refractivity contribution < 1.29 is 19.1 Å². The number of methoxy groups -OCH3 is 1. The predicted octanol–water partition coefficient (Wildman–Crippen LogP) is 0.954. The van der Waals surface area contributed by atoms with Crippen LogP contribution in [0.1, 0.15) is 13.8 Å². The van der Waals surface area contributed by atoms with Gasteiger partial charge in [0, 0.05) is 0 Å². The van der Waals surface area contributed by atoms with E-state index in [1.54, 1.807) is 0 Å². The molecule has 0 heterocycles. The normalized spacial score (nSPS) is 9.07. The Morgan fingerprint density at radius 2 is 1.71 bits per heavy atom. The van der Waals surface area contributed by atoms with Crippen LogP contribution in [0.15, 0.2) is 11.0 Å². The summed E-state index contributed by atoms with van der Waals surface area (Å²) in [6.07, 6.45) is 0. The summed E-state index contributed by atoms with van der Waals surface area (Å²) in [6.45, 7) is 2.62. The van der Waals surface area contributed by atoms with Crippen molar-refractivity contribution in [3.05, 3.63) is 11.0 Å². The molecular formula is C9H12O4S. The molecule has 5 heteroatoms. The quantitative estimate of drug-likeness (QED) is 0.296. The van der Waals surface area contributed by atoms with Crippen LogP contribution in [0, 0.1) is 0 Å². The van der Waals surface area contributed by atoms with Crippen molar-refractivity contribution >= 4 is 29.3 Å². The lowest BCUT2D eigenvalue weighted by Crippen LogP contribution is -2.06. The van der Waals surface area contributed by atoms with Crippen LogP contribution >= 0.6 is 11.8 Å². The minimum Gasteiger partial charge on any atom is -0.468 e. The van der Waals surface area contributed by atoms with E-state index in [9.17, 15) is 14.4 Å². The second kappa shape index (κ2) is 6.37. The number of esters is 1. The van der Waals surface area contributed by atoms with Gasteiger partial charge in [-0.25, -0.2) is 0 Å². The van der Waals surface area contributed by atoms with Crippen molar-refractivity contribution in [2.24, 2.45) is 0 Å². The standard InChI is InChI=1S/C9H12O4S/c1-6(10)8(7(2)11)4-14-5-9(12)13-3/h4H,5H2,1-3H3. The number of thioether (sulfide) groups is 1. The summed E-state index contributed by atoms with van der Waals surface area (Å²) < 4.78 is 4.39. The van der Waals surface area contributed by atoms with E-state index in [1.807, 2.05) is 0 Å². The Labute approximate surface area is 86.7 Å². The maximum absolute atomic E-state index is 10.9. The molecule has 0 fully saturated rings. The minimum absolute atomic E-state index is 0.0978. The van der Waals surface area contributed by atoms with Gasteiger partial charge in [0.15, 0.2) is 11.6 Å². The largest absolute Gasteiger partial charge is 0.468 e. The van der Waals surface area contributed by atoms with Gasteiger partial charge in [-0.15, -0.1) is 11.8 Å². The summed E-state index contributed by atoms with van der Waals surface area (Å²) in [5.74, 6) is -0.886. The van der Waals surface area contributed by atoms with Crippen molar-refractivity contribution in [1.29, 1.82) is 0 Å². The lowest BCUT2D eigenvalue weighted by Gasteiger charge is -1.98. The molecule has 0 amide bonds. The molecular weight excluding hydrogens is 204 g/mol. The third kappa shape index (κ3) is 4.81. The smallest absolute Gasteiger partial charge is 0.315 e. The highest BCUT2D eigenvalue weighted by atomic mass is 32.2. The van der Waals surface area contributed by atoms with E-state index in [0.29, 0.717) is 0 Å². The predicted molar refractivity (Wildman–Crippen MR) is 53.9 cm³/mol.